The van der Waals surface area contributed by atoms with Crippen LogP contribution in [0.4, 0.5) is 0 Å². The van der Waals surface area contributed by atoms with Crippen molar-refractivity contribution in [3.8, 4) is 0 Å². The molecule has 0 bridgehead atoms. The third kappa shape index (κ3) is 4.44. The molecule has 1 saturated heterocycles. The Morgan fingerprint density at radius 1 is 1.25 bits per heavy atom. The van der Waals surface area contributed by atoms with Crippen molar-refractivity contribution in [2.45, 2.75) is 58.0 Å². The van der Waals surface area contributed by atoms with Crippen molar-refractivity contribution in [3.63, 3.8) is 0 Å². The van der Waals surface area contributed by atoms with Gasteiger partial charge in [-0.3, -0.25) is 0 Å². The highest BCUT2D eigenvalue weighted by Crippen LogP contribution is 2.28. The maximum Gasteiger partial charge on any atom is 0.0248 e. The first kappa shape index (κ1) is 16.3. The minimum atomic E-state index is 0.718. The second-order valence-corrected chi connectivity index (χ2v) is 7.40. The van der Waals surface area contributed by atoms with Gasteiger partial charge in [-0.15, -0.1) is 0 Å². The van der Waals surface area contributed by atoms with E-state index in [0.717, 1.165) is 23.9 Å². The molecule has 3 heteroatoms. The van der Waals surface area contributed by atoms with Crippen LogP contribution >= 0.6 is 0 Å². The molecule has 2 aliphatic rings. The largest absolute Gasteiger partial charge is 0.312 e. The number of likely N-dealkylation sites (tertiary alicyclic amines) is 1. The lowest BCUT2D eigenvalue weighted by atomic mass is 9.82. The van der Waals surface area contributed by atoms with E-state index >= 15 is 0 Å². The van der Waals surface area contributed by atoms with Crippen molar-refractivity contribution < 1.29 is 0 Å². The van der Waals surface area contributed by atoms with Crippen LogP contribution in [0.5, 0.6) is 0 Å². The second-order valence-electron chi connectivity index (χ2n) is 7.40. The highest BCUT2D eigenvalue weighted by molar-refractivity contribution is 4.90. The molecule has 0 aromatic carbocycles. The highest BCUT2D eigenvalue weighted by atomic mass is 15.2. The Balaban J connectivity index is 1.87. The number of likely N-dealkylation sites (N-methyl/N-ethyl adjacent to an activating group) is 1. The molecule has 0 radical (unpaired) electrons. The quantitative estimate of drug-likeness (QED) is 0.807. The average Bonchev–Trinajstić information content (AvgIpc) is 2.82. The molecule has 1 N–H and O–H groups in total. The van der Waals surface area contributed by atoms with Crippen molar-refractivity contribution >= 4 is 0 Å². The molecule has 0 aromatic rings. The van der Waals surface area contributed by atoms with E-state index in [0.29, 0.717) is 0 Å². The maximum atomic E-state index is 3.80. The van der Waals surface area contributed by atoms with E-state index in [1.807, 2.05) is 0 Å². The first-order valence-electron chi connectivity index (χ1n) is 8.72. The average molecular weight is 281 g/mol. The van der Waals surface area contributed by atoms with Gasteiger partial charge in [0.15, 0.2) is 0 Å². The van der Waals surface area contributed by atoms with Crippen molar-refractivity contribution in [2.75, 3.05) is 40.3 Å². The number of hydrogen-bond donors (Lipinski definition) is 1. The van der Waals surface area contributed by atoms with E-state index in [1.165, 1.54) is 58.3 Å². The van der Waals surface area contributed by atoms with Gasteiger partial charge < -0.3 is 15.1 Å². The van der Waals surface area contributed by atoms with Crippen LogP contribution < -0.4 is 5.32 Å². The van der Waals surface area contributed by atoms with Crippen LogP contribution in [0.1, 0.15) is 46.0 Å². The minimum Gasteiger partial charge on any atom is -0.312 e. The van der Waals surface area contributed by atoms with Crippen LogP contribution in [0.2, 0.25) is 0 Å². The lowest BCUT2D eigenvalue weighted by molar-refractivity contribution is 0.110. The molecule has 0 spiro atoms. The lowest BCUT2D eigenvalue weighted by Gasteiger charge is -2.41. The molecule has 0 amide bonds. The van der Waals surface area contributed by atoms with Gasteiger partial charge in [0.2, 0.25) is 0 Å². The normalized spacial score (nSPS) is 35.9. The topological polar surface area (TPSA) is 18.5 Å². The fourth-order valence-corrected chi connectivity index (χ4v) is 4.12. The SMILES string of the molecule is CCCNC1CCC(C)CC1N(C)CC1CCN(C)C1. The monoisotopic (exact) mass is 281 g/mol. The van der Waals surface area contributed by atoms with Crippen molar-refractivity contribution in [2.24, 2.45) is 11.8 Å². The van der Waals surface area contributed by atoms with Crippen LogP contribution in [0, 0.1) is 11.8 Å². The first-order chi connectivity index (χ1) is 9.60. The van der Waals surface area contributed by atoms with Gasteiger partial charge in [0.25, 0.3) is 0 Å². The predicted octanol–water partition coefficient (Wildman–Crippen LogP) is 2.43. The van der Waals surface area contributed by atoms with E-state index in [9.17, 15) is 0 Å². The van der Waals surface area contributed by atoms with Gasteiger partial charge in [0.05, 0.1) is 0 Å². The fraction of sp³-hybridized carbons (Fsp3) is 1.00. The Labute approximate surface area is 126 Å². The second kappa shape index (κ2) is 7.77. The summed E-state index contributed by atoms with van der Waals surface area (Å²) in [5.41, 5.74) is 0. The van der Waals surface area contributed by atoms with E-state index in [-0.39, 0.29) is 0 Å². The van der Waals surface area contributed by atoms with Gasteiger partial charge in [-0.1, -0.05) is 13.8 Å². The van der Waals surface area contributed by atoms with E-state index in [1.54, 1.807) is 0 Å². The lowest BCUT2D eigenvalue weighted by Crippen LogP contribution is -2.53. The summed E-state index contributed by atoms with van der Waals surface area (Å²) in [4.78, 5) is 5.15. The van der Waals surface area contributed by atoms with Crippen molar-refractivity contribution in [1.82, 2.24) is 15.1 Å². The number of nitrogens with zero attached hydrogens (tertiary/aromatic N) is 2. The Kier molecular flexibility index (Phi) is 6.31. The molecule has 3 nitrogen and oxygen atoms in total. The molecule has 4 atom stereocenters. The zero-order chi connectivity index (χ0) is 14.5. The summed E-state index contributed by atoms with van der Waals surface area (Å²) >= 11 is 0. The molecule has 1 aliphatic carbocycles. The minimum absolute atomic E-state index is 0.718. The summed E-state index contributed by atoms with van der Waals surface area (Å²) in [5, 5.41) is 3.80. The zero-order valence-electron chi connectivity index (χ0n) is 14.1. The summed E-state index contributed by atoms with van der Waals surface area (Å²) in [6.45, 7) is 9.74. The molecule has 20 heavy (non-hydrogen) atoms. The first-order valence-corrected chi connectivity index (χ1v) is 8.72. The molecule has 2 rings (SSSR count). The summed E-state index contributed by atoms with van der Waals surface area (Å²) in [6.07, 6.45) is 6.77. The Morgan fingerprint density at radius 3 is 2.70 bits per heavy atom. The summed E-state index contributed by atoms with van der Waals surface area (Å²) in [5.74, 6) is 1.78. The summed E-state index contributed by atoms with van der Waals surface area (Å²) in [6, 6.07) is 1.46. The molecule has 118 valence electrons. The van der Waals surface area contributed by atoms with E-state index < -0.39 is 0 Å². The molecule has 1 heterocycles. The van der Waals surface area contributed by atoms with Crippen molar-refractivity contribution in [3.05, 3.63) is 0 Å². The van der Waals surface area contributed by atoms with Gasteiger partial charge >= 0.3 is 0 Å². The van der Waals surface area contributed by atoms with Gasteiger partial charge in [0.1, 0.15) is 0 Å². The van der Waals surface area contributed by atoms with Crippen LogP contribution in [-0.2, 0) is 0 Å². The smallest absolute Gasteiger partial charge is 0.0248 e. The summed E-state index contributed by atoms with van der Waals surface area (Å²) in [7, 11) is 4.62. The molecular weight excluding hydrogens is 246 g/mol. The van der Waals surface area contributed by atoms with E-state index in [2.05, 4.69) is 43.1 Å². The standard InChI is InChI=1S/C17H35N3/c1-5-9-18-16-7-6-14(2)11-17(16)20(4)13-15-8-10-19(3)12-15/h14-18H,5-13H2,1-4H3. The number of rotatable bonds is 6. The molecule has 4 unspecified atom stereocenters. The molecule has 2 fully saturated rings. The maximum absolute atomic E-state index is 3.80. The Bertz CT molecular complexity index is 279. The number of hydrogen-bond acceptors (Lipinski definition) is 3. The van der Waals surface area contributed by atoms with Gasteiger partial charge in [-0.05, 0) is 71.1 Å². The van der Waals surface area contributed by atoms with Crippen molar-refractivity contribution in [1.29, 1.82) is 0 Å². The third-order valence-electron chi connectivity index (χ3n) is 5.34. The van der Waals surface area contributed by atoms with Gasteiger partial charge in [0, 0.05) is 25.2 Å². The van der Waals surface area contributed by atoms with Gasteiger partial charge in [-0.25, -0.2) is 0 Å². The highest BCUT2D eigenvalue weighted by Gasteiger charge is 2.32. The predicted molar refractivity (Wildman–Crippen MR) is 87.1 cm³/mol. The Hall–Kier alpha value is -0.120. The molecule has 1 aliphatic heterocycles. The van der Waals surface area contributed by atoms with Crippen LogP contribution in [-0.4, -0.2) is 62.2 Å². The zero-order valence-corrected chi connectivity index (χ0v) is 14.1. The Morgan fingerprint density at radius 2 is 2.05 bits per heavy atom. The van der Waals surface area contributed by atoms with Crippen LogP contribution in [0.15, 0.2) is 0 Å². The van der Waals surface area contributed by atoms with E-state index in [4.69, 9.17) is 0 Å². The van der Waals surface area contributed by atoms with Crippen LogP contribution in [0.3, 0.4) is 0 Å². The van der Waals surface area contributed by atoms with Gasteiger partial charge in [-0.2, -0.15) is 0 Å². The van der Waals surface area contributed by atoms with Crippen LogP contribution in [0.25, 0.3) is 0 Å². The molecule has 1 saturated carbocycles. The molecular formula is C17H35N3. The summed E-state index contributed by atoms with van der Waals surface area (Å²) < 4.78 is 0. The third-order valence-corrected chi connectivity index (χ3v) is 5.34. The molecule has 0 aromatic heterocycles. The number of nitrogens with one attached hydrogen (secondary N) is 1. The fourth-order valence-electron chi connectivity index (χ4n) is 4.12.